The minimum absolute atomic E-state index is 0.00851. The first-order chi connectivity index (χ1) is 21.1. The van der Waals surface area contributed by atoms with Crippen LogP contribution in [0.3, 0.4) is 0 Å². The van der Waals surface area contributed by atoms with Crippen molar-refractivity contribution < 1.29 is 24.6 Å². The number of nitrogens with zero attached hydrogens (tertiary/aromatic N) is 2. The summed E-state index contributed by atoms with van der Waals surface area (Å²) in [5.41, 5.74) is 0.912. The minimum Gasteiger partial charge on any atom is -0.390 e. The lowest BCUT2D eigenvalue weighted by atomic mass is 9.82. The van der Waals surface area contributed by atoms with Gasteiger partial charge < -0.3 is 30.6 Å². The highest BCUT2D eigenvalue weighted by Crippen LogP contribution is 2.35. The lowest BCUT2D eigenvalue weighted by Gasteiger charge is -2.33. The monoisotopic (exact) mass is 610 g/mol. The van der Waals surface area contributed by atoms with Crippen LogP contribution in [-0.4, -0.2) is 96.3 Å². The summed E-state index contributed by atoms with van der Waals surface area (Å²) >= 11 is 0. The normalized spacial score (nSPS) is 18.8. The molecule has 3 unspecified atom stereocenters. The molecule has 2 fully saturated rings. The van der Waals surface area contributed by atoms with Crippen LogP contribution in [0.1, 0.15) is 76.2 Å². The Morgan fingerprint density at radius 2 is 1.57 bits per heavy atom. The lowest BCUT2D eigenvalue weighted by molar-refractivity contribution is -0.136. The van der Waals surface area contributed by atoms with Gasteiger partial charge in [0.2, 0.25) is 17.7 Å². The van der Waals surface area contributed by atoms with E-state index in [0.29, 0.717) is 44.2 Å². The number of rotatable bonds is 18. The van der Waals surface area contributed by atoms with E-state index in [9.17, 15) is 24.6 Å². The number of aliphatic hydroxyl groups is 2. The van der Waals surface area contributed by atoms with Crippen molar-refractivity contribution in [1.29, 1.82) is 0 Å². The smallest absolute Gasteiger partial charge is 0.243 e. The van der Waals surface area contributed by atoms with Crippen LogP contribution in [0.15, 0.2) is 30.3 Å². The van der Waals surface area contributed by atoms with Crippen LogP contribution in [0.25, 0.3) is 0 Å². The van der Waals surface area contributed by atoms with Crippen LogP contribution in [0.2, 0.25) is 0 Å². The highest BCUT2D eigenvalue weighted by Gasteiger charge is 2.36. The summed E-state index contributed by atoms with van der Waals surface area (Å²) < 4.78 is 0. The average Bonchev–Trinajstić information content (AvgIpc) is 3.83. The largest absolute Gasteiger partial charge is 0.390 e. The third-order valence-corrected chi connectivity index (χ3v) is 9.10. The fourth-order valence-electron chi connectivity index (χ4n) is 6.07. The van der Waals surface area contributed by atoms with Gasteiger partial charge in [-0.25, -0.2) is 0 Å². The fourth-order valence-corrected chi connectivity index (χ4v) is 6.07. The summed E-state index contributed by atoms with van der Waals surface area (Å²) in [6, 6.07) is 7.81. The quantitative estimate of drug-likeness (QED) is 0.190. The van der Waals surface area contributed by atoms with Crippen LogP contribution in [0, 0.1) is 30.1 Å². The molecule has 244 valence electrons. The van der Waals surface area contributed by atoms with E-state index in [2.05, 4.69) is 16.6 Å². The van der Waals surface area contributed by atoms with E-state index in [4.69, 9.17) is 6.42 Å². The number of aliphatic hydroxyl groups excluding tert-OH is 2. The number of nitrogens with one attached hydrogen (secondary N) is 2. The van der Waals surface area contributed by atoms with Gasteiger partial charge in [-0.2, -0.15) is 0 Å². The van der Waals surface area contributed by atoms with Gasteiger partial charge in [0.05, 0.1) is 18.1 Å². The van der Waals surface area contributed by atoms with E-state index in [1.807, 2.05) is 49.3 Å². The number of carbonyl (C=O) groups is 3. The molecule has 0 saturated heterocycles. The number of carbonyl (C=O) groups excluding carboxylic acids is 3. The Balaban J connectivity index is 1.72. The topological polar surface area (TPSA) is 122 Å². The van der Waals surface area contributed by atoms with Crippen LogP contribution in [0.5, 0.6) is 0 Å². The van der Waals surface area contributed by atoms with E-state index in [0.717, 1.165) is 44.1 Å². The summed E-state index contributed by atoms with van der Waals surface area (Å²) in [6.07, 6.45) is 12.6. The van der Waals surface area contributed by atoms with Crippen LogP contribution in [-0.2, 0) is 20.8 Å². The second kappa shape index (κ2) is 18.1. The number of amides is 3. The Morgan fingerprint density at radius 3 is 2.18 bits per heavy atom. The molecular weight excluding hydrogens is 556 g/mol. The van der Waals surface area contributed by atoms with Crippen molar-refractivity contribution in [2.75, 3.05) is 34.2 Å². The van der Waals surface area contributed by atoms with Crippen molar-refractivity contribution in [3.05, 3.63) is 35.9 Å². The Bertz CT molecular complexity index is 1080. The van der Waals surface area contributed by atoms with Gasteiger partial charge in [-0.15, -0.1) is 12.3 Å². The molecule has 0 bridgehead atoms. The standard InChI is InChI=1S/C35H54N4O5/c1-5-12-29(35(44)37-30(22-26-15-10-7-11-16-26)33(42)31(40)23-27-17-18-27)36-34(43)28(21-25-13-8-6-9-14-25)24-32(41)39(4)20-19-38(2)3/h1,6,8-9,13-14,26-31,33,40,42H,7,10-12,15-24H2,2-4H3,(H,36,43)(H,37,44)/t28?,29-,30?,31?,33+/m0/s1. The van der Waals surface area contributed by atoms with Gasteiger partial charge in [-0.05, 0) is 50.8 Å². The summed E-state index contributed by atoms with van der Waals surface area (Å²) in [4.78, 5) is 44.1. The maximum atomic E-state index is 13.7. The average molecular weight is 611 g/mol. The minimum atomic E-state index is -1.11. The molecule has 0 heterocycles. The molecule has 5 atom stereocenters. The van der Waals surface area contributed by atoms with Crippen molar-refractivity contribution in [1.82, 2.24) is 20.4 Å². The molecule has 0 aromatic heterocycles. The van der Waals surface area contributed by atoms with Crippen molar-refractivity contribution >= 4 is 17.7 Å². The van der Waals surface area contributed by atoms with Gasteiger partial charge in [-0.3, -0.25) is 14.4 Å². The summed E-state index contributed by atoms with van der Waals surface area (Å²) in [7, 11) is 5.60. The van der Waals surface area contributed by atoms with Crippen LogP contribution < -0.4 is 10.6 Å². The third-order valence-electron chi connectivity index (χ3n) is 9.10. The highest BCUT2D eigenvalue weighted by molar-refractivity contribution is 5.91. The molecule has 9 nitrogen and oxygen atoms in total. The molecule has 2 aliphatic rings. The zero-order valence-electron chi connectivity index (χ0n) is 26.9. The fraction of sp³-hybridized carbons (Fsp3) is 0.686. The van der Waals surface area contributed by atoms with Crippen molar-refractivity contribution in [2.45, 2.75) is 101 Å². The molecule has 1 aromatic carbocycles. The van der Waals surface area contributed by atoms with Crippen molar-refractivity contribution in [3.63, 3.8) is 0 Å². The Hall–Kier alpha value is -2.93. The first-order valence-corrected chi connectivity index (χ1v) is 16.4. The molecule has 4 N–H and O–H groups in total. The van der Waals surface area contributed by atoms with Gasteiger partial charge in [-0.1, -0.05) is 75.3 Å². The molecule has 44 heavy (non-hydrogen) atoms. The van der Waals surface area contributed by atoms with Gasteiger partial charge in [0.25, 0.3) is 0 Å². The molecule has 2 saturated carbocycles. The van der Waals surface area contributed by atoms with Crippen LogP contribution in [0.4, 0.5) is 0 Å². The van der Waals surface area contributed by atoms with E-state index in [1.165, 1.54) is 6.42 Å². The predicted octanol–water partition coefficient (Wildman–Crippen LogP) is 2.74. The second-order valence-electron chi connectivity index (χ2n) is 13.3. The summed E-state index contributed by atoms with van der Waals surface area (Å²) in [5.74, 6) is 1.51. The Kier molecular flexibility index (Phi) is 14.7. The maximum absolute atomic E-state index is 13.7. The molecule has 2 aliphatic carbocycles. The maximum Gasteiger partial charge on any atom is 0.243 e. The molecule has 0 radical (unpaired) electrons. The third kappa shape index (κ3) is 12.2. The molecule has 1 aromatic rings. The number of hydrogen-bond acceptors (Lipinski definition) is 6. The molecular formula is C35H54N4O5. The van der Waals surface area contributed by atoms with Gasteiger partial charge >= 0.3 is 0 Å². The molecule has 9 heteroatoms. The number of terminal acetylenes is 1. The summed E-state index contributed by atoms with van der Waals surface area (Å²) in [6.45, 7) is 1.23. The number of likely N-dealkylation sites (N-methyl/N-ethyl adjacent to an activating group) is 2. The van der Waals surface area contributed by atoms with Crippen molar-refractivity contribution in [3.8, 4) is 12.3 Å². The zero-order valence-corrected chi connectivity index (χ0v) is 26.9. The van der Waals surface area contributed by atoms with Crippen molar-refractivity contribution in [2.24, 2.45) is 17.8 Å². The number of benzene rings is 1. The van der Waals surface area contributed by atoms with E-state index in [1.54, 1.807) is 11.9 Å². The van der Waals surface area contributed by atoms with E-state index in [-0.39, 0.29) is 18.7 Å². The highest BCUT2D eigenvalue weighted by atomic mass is 16.3. The SMILES string of the molecule is C#CC[C@H](NC(=O)C(CC(=O)N(C)CCN(C)C)Cc1ccccc1)C(=O)NC(CC1CCCCC1)[C@@H](O)C(O)CC1CC1. The Morgan fingerprint density at radius 1 is 0.909 bits per heavy atom. The summed E-state index contributed by atoms with van der Waals surface area (Å²) in [5, 5.41) is 27.8. The first-order valence-electron chi connectivity index (χ1n) is 16.4. The van der Waals surface area contributed by atoms with E-state index >= 15 is 0 Å². The predicted molar refractivity (Wildman–Crippen MR) is 172 cm³/mol. The second-order valence-corrected chi connectivity index (χ2v) is 13.3. The van der Waals surface area contributed by atoms with Gasteiger partial charge in [0, 0.05) is 33.0 Å². The molecule has 3 rings (SSSR count). The van der Waals surface area contributed by atoms with Gasteiger partial charge in [0.1, 0.15) is 12.1 Å². The van der Waals surface area contributed by atoms with Gasteiger partial charge in [0.15, 0.2) is 0 Å². The lowest BCUT2D eigenvalue weighted by Crippen LogP contribution is -2.56. The number of hydrogen-bond donors (Lipinski definition) is 4. The van der Waals surface area contributed by atoms with Crippen LogP contribution >= 0.6 is 0 Å². The molecule has 3 amide bonds. The zero-order chi connectivity index (χ0) is 32.1. The van der Waals surface area contributed by atoms with E-state index < -0.39 is 42.0 Å². The Labute approximate surface area is 264 Å². The molecule has 0 aliphatic heterocycles. The molecule has 0 spiro atoms. The first kappa shape index (κ1) is 35.5.